The van der Waals surface area contributed by atoms with Gasteiger partial charge >= 0.3 is 5.97 Å². The summed E-state index contributed by atoms with van der Waals surface area (Å²) in [6.07, 6.45) is 1.56. The lowest BCUT2D eigenvalue weighted by Gasteiger charge is -2.35. The van der Waals surface area contributed by atoms with E-state index in [4.69, 9.17) is 15.2 Å². The average molecular weight is 316 g/mol. The predicted molar refractivity (Wildman–Crippen MR) is 70.3 cm³/mol. The number of carbonyl (C=O) groups excluding carboxylic acids is 1. The summed E-state index contributed by atoms with van der Waals surface area (Å²) in [5.74, 6) is 0.336. The van der Waals surface area contributed by atoms with Crippen molar-refractivity contribution in [1.82, 2.24) is 4.98 Å². The van der Waals surface area contributed by atoms with Gasteiger partial charge in [0.25, 0.3) is 0 Å². The van der Waals surface area contributed by atoms with E-state index in [0.29, 0.717) is 31.3 Å². The molecule has 1 aliphatic heterocycles. The number of nitrogen functional groups attached to an aromatic ring is 1. The van der Waals surface area contributed by atoms with Crippen LogP contribution in [0.4, 0.5) is 11.5 Å². The molecule has 7 heteroatoms. The number of anilines is 2. The standard InChI is InChI=1S/C11H14BrN3O3/c1-17-11(16)9-6-18-3-2-15(9)10-8(12)4-7(13)5-14-10/h4-5,9H,2-3,6,13H2,1H3. The zero-order valence-corrected chi connectivity index (χ0v) is 11.5. The number of nitrogens with two attached hydrogens (primary N) is 1. The molecule has 18 heavy (non-hydrogen) atoms. The van der Waals surface area contributed by atoms with Gasteiger partial charge in [0.1, 0.15) is 5.82 Å². The smallest absolute Gasteiger partial charge is 0.330 e. The lowest BCUT2D eigenvalue weighted by atomic mass is 10.2. The van der Waals surface area contributed by atoms with Gasteiger partial charge in [0.2, 0.25) is 0 Å². The number of halogens is 1. The molecule has 0 radical (unpaired) electrons. The number of methoxy groups -OCH3 is 1. The van der Waals surface area contributed by atoms with Crippen molar-refractivity contribution in [2.75, 3.05) is 37.5 Å². The Labute approximate surface area is 113 Å². The maximum Gasteiger partial charge on any atom is 0.330 e. The Morgan fingerprint density at radius 3 is 3.17 bits per heavy atom. The molecule has 2 N–H and O–H groups in total. The molecule has 1 atom stereocenters. The highest BCUT2D eigenvalue weighted by Gasteiger charge is 2.32. The molecule has 1 fully saturated rings. The highest BCUT2D eigenvalue weighted by atomic mass is 79.9. The normalized spacial score (nSPS) is 19.7. The molecule has 2 rings (SSSR count). The van der Waals surface area contributed by atoms with Crippen molar-refractivity contribution in [1.29, 1.82) is 0 Å². The third kappa shape index (κ3) is 2.56. The molecule has 2 heterocycles. The first-order valence-electron chi connectivity index (χ1n) is 5.46. The zero-order chi connectivity index (χ0) is 13.1. The van der Waals surface area contributed by atoms with Gasteiger partial charge in [-0.3, -0.25) is 0 Å². The molecule has 0 aromatic carbocycles. The Morgan fingerprint density at radius 2 is 2.50 bits per heavy atom. The van der Waals surface area contributed by atoms with Crippen LogP contribution in [0.2, 0.25) is 0 Å². The number of hydrogen-bond acceptors (Lipinski definition) is 6. The number of esters is 1. The summed E-state index contributed by atoms with van der Waals surface area (Å²) in [4.78, 5) is 17.8. The van der Waals surface area contributed by atoms with Gasteiger partial charge in [-0.05, 0) is 22.0 Å². The Hall–Kier alpha value is -1.34. The Morgan fingerprint density at radius 1 is 1.72 bits per heavy atom. The van der Waals surface area contributed by atoms with E-state index in [9.17, 15) is 4.79 Å². The fourth-order valence-electron chi connectivity index (χ4n) is 1.85. The van der Waals surface area contributed by atoms with Crippen LogP contribution in [0, 0.1) is 0 Å². The molecule has 98 valence electrons. The van der Waals surface area contributed by atoms with Gasteiger partial charge < -0.3 is 20.1 Å². The van der Waals surface area contributed by atoms with Gasteiger partial charge in [-0.25, -0.2) is 9.78 Å². The molecule has 0 aliphatic carbocycles. The topological polar surface area (TPSA) is 77.7 Å². The first kappa shape index (κ1) is 13.1. The molecule has 1 aromatic rings. The van der Waals surface area contributed by atoms with Crippen LogP contribution in [0.5, 0.6) is 0 Å². The molecule has 1 aromatic heterocycles. The number of hydrogen-bond donors (Lipinski definition) is 1. The minimum atomic E-state index is -0.476. The summed E-state index contributed by atoms with van der Waals surface area (Å²) >= 11 is 3.40. The second-order valence-electron chi connectivity index (χ2n) is 3.88. The molecule has 0 amide bonds. The third-order valence-corrected chi connectivity index (χ3v) is 3.30. The van der Waals surface area contributed by atoms with E-state index in [2.05, 4.69) is 20.9 Å². The van der Waals surface area contributed by atoms with Crippen molar-refractivity contribution in [3.63, 3.8) is 0 Å². The van der Waals surface area contributed by atoms with Crippen LogP contribution in [-0.2, 0) is 14.3 Å². The second kappa shape index (κ2) is 5.53. The first-order chi connectivity index (χ1) is 8.63. The molecule has 1 aliphatic rings. The van der Waals surface area contributed by atoms with Gasteiger partial charge in [0, 0.05) is 6.54 Å². The minimum absolute atomic E-state index is 0.297. The van der Waals surface area contributed by atoms with E-state index >= 15 is 0 Å². The Kier molecular flexibility index (Phi) is 4.03. The largest absolute Gasteiger partial charge is 0.467 e. The zero-order valence-electron chi connectivity index (χ0n) is 9.93. The van der Waals surface area contributed by atoms with Crippen LogP contribution in [-0.4, -0.2) is 43.9 Å². The lowest BCUT2D eigenvalue weighted by molar-refractivity contribution is -0.144. The number of nitrogens with zero attached hydrogens (tertiary/aromatic N) is 2. The van der Waals surface area contributed by atoms with Gasteiger partial charge in [0.15, 0.2) is 6.04 Å². The van der Waals surface area contributed by atoms with Crippen molar-refractivity contribution in [2.24, 2.45) is 0 Å². The predicted octanol–water partition coefficient (Wildman–Crippen LogP) is 0.804. The Balaban J connectivity index is 2.30. The van der Waals surface area contributed by atoms with Crippen molar-refractivity contribution < 1.29 is 14.3 Å². The van der Waals surface area contributed by atoms with Crippen LogP contribution in [0.25, 0.3) is 0 Å². The molecular weight excluding hydrogens is 302 g/mol. The maximum atomic E-state index is 11.7. The SMILES string of the molecule is COC(=O)C1COCCN1c1ncc(N)cc1Br. The number of morpholine rings is 1. The molecule has 0 saturated carbocycles. The van der Waals surface area contributed by atoms with E-state index in [1.54, 1.807) is 12.3 Å². The van der Waals surface area contributed by atoms with Gasteiger partial charge in [-0.2, -0.15) is 0 Å². The van der Waals surface area contributed by atoms with Gasteiger partial charge in [-0.1, -0.05) is 0 Å². The lowest BCUT2D eigenvalue weighted by Crippen LogP contribution is -2.51. The van der Waals surface area contributed by atoms with E-state index in [0.717, 1.165) is 4.47 Å². The van der Waals surface area contributed by atoms with Gasteiger partial charge in [0.05, 0.1) is 36.7 Å². The summed E-state index contributed by atoms with van der Waals surface area (Å²) in [6.45, 7) is 1.42. The summed E-state index contributed by atoms with van der Waals surface area (Å²) in [5.41, 5.74) is 6.21. The second-order valence-corrected chi connectivity index (χ2v) is 4.74. The summed E-state index contributed by atoms with van der Waals surface area (Å²) in [6, 6.07) is 1.28. The molecule has 6 nitrogen and oxygen atoms in total. The fourth-order valence-corrected chi connectivity index (χ4v) is 2.44. The van der Waals surface area contributed by atoms with E-state index in [1.165, 1.54) is 7.11 Å². The quantitative estimate of drug-likeness (QED) is 0.814. The molecule has 1 unspecified atom stereocenters. The monoisotopic (exact) mass is 315 g/mol. The van der Waals surface area contributed by atoms with Crippen molar-refractivity contribution in [3.8, 4) is 0 Å². The van der Waals surface area contributed by atoms with E-state index in [1.807, 2.05) is 4.90 Å². The van der Waals surface area contributed by atoms with Crippen molar-refractivity contribution in [2.45, 2.75) is 6.04 Å². The highest BCUT2D eigenvalue weighted by Crippen LogP contribution is 2.28. The summed E-state index contributed by atoms with van der Waals surface area (Å²) in [7, 11) is 1.36. The number of pyridine rings is 1. The average Bonchev–Trinajstić information content (AvgIpc) is 2.38. The molecular formula is C11H14BrN3O3. The van der Waals surface area contributed by atoms with Crippen LogP contribution in [0.3, 0.4) is 0 Å². The Bertz CT molecular complexity index is 455. The van der Waals surface area contributed by atoms with Gasteiger partial charge in [-0.15, -0.1) is 0 Å². The number of ether oxygens (including phenoxy) is 2. The minimum Gasteiger partial charge on any atom is -0.467 e. The van der Waals surface area contributed by atoms with E-state index < -0.39 is 6.04 Å². The number of carbonyl (C=O) groups is 1. The summed E-state index contributed by atoms with van der Waals surface area (Å²) in [5, 5.41) is 0. The number of rotatable bonds is 2. The van der Waals surface area contributed by atoms with E-state index in [-0.39, 0.29) is 5.97 Å². The fraction of sp³-hybridized carbons (Fsp3) is 0.455. The number of aromatic nitrogens is 1. The summed E-state index contributed by atoms with van der Waals surface area (Å²) < 4.78 is 10.8. The molecule has 1 saturated heterocycles. The maximum absolute atomic E-state index is 11.7. The van der Waals surface area contributed by atoms with Crippen molar-refractivity contribution in [3.05, 3.63) is 16.7 Å². The third-order valence-electron chi connectivity index (χ3n) is 2.72. The van der Waals surface area contributed by atoms with Crippen LogP contribution < -0.4 is 10.6 Å². The van der Waals surface area contributed by atoms with Crippen LogP contribution in [0.1, 0.15) is 0 Å². The first-order valence-corrected chi connectivity index (χ1v) is 6.26. The van der Waals surface area contributed by atoms with Crippen LogP contribution >= 0.6 is 15.9 Å². The molecule has 0 spiro atoms. The van der Waals surface area contributed by atoms with Crippen LogP contribution in [0.15, 0.2) is 16.7 Å². The van der Waals surface area contributed by atoms with Crippen molar-refractivity contribution >= 4 is 33.4 Å². The molecule has 0 bridgehead atoms. The highest BCUT2D eigenvalue weighted by molar-refractivity contribution is 9.10.